The molecule has 2 aromatic carbocycles. The number of fused-ring (bicyclic) bond motifs is 2. The van der Waals surface area contributed by atoms with E-state index in [-0.39, 0.29) is 58.9 Å². The van der Waals surface area contributed by atoms with E-state index in [9.17, 15) is 9.59 Å². The Bertz CT molecular complexity index is 1630. The maximum atomic E-state index is 12.6. The molecule has 11 nitrogen and oxygen atoms in total. The fraction of sp³-hybridized carbons (Fsp3) is 0.267. The topological polar surface area (TPSA) is 129 Å². The number of benzene rings is 2. The minimum Gasteiger partial charge on any atom is -0.495 e. The van der Waals surface area contributed by atoms with Gasteiger partial charge >= 0.3 is 0 Å². The number of Topliss-reactive ketones (excluding diaryl/α,β-unsaturated/α-hetero) is 2. The molecule has 0 amide bonds. The first-order chi connectivity index (χ1) is 19.8. The minimum absolute atomic E-state index is 0.0415. The molecule has 0 saturated carbocycles. The van der Waals surface area contributed by atoms with Crippen LogP contribution in [0, 0.1) is 0 Å². The Labute approximate surface area is 234 Å². The third-order valence-electron chi connectivity index (χ3n) is 6.51. The first kappa shape index (κ1) is 27.5. The quantitative estimate of drug-likeness (QED) is 0.157. The van der Waals surface area contributed by atoms with E-state index in [0.29, 0.717) is 45.0 Å². The molecule has 0 aliphatic heterocycles. The molecule has 0 fully saturated rings. The van der Waals surface area contributed by atoms with Crippen LogP contribution in [0.5, 0.6) is 34.5 Å². The van der Waals surface area contributed by atoms with Crippen molar-refractivity contribution in [2.24, 2.45) is 0 Å². The highest BCUT2D eigenvalue weighted by molar-refractivity contribution is 6.09. The molecule has 0 bridgehead atoms. The Morgan fingerprint density at radius 3 is 1.32 bits per heavy atom. The molecule has 0 saturated heterocycles. The number of ketones is 2. The van der Waals surface area contributed by atoms with Crippen molar-refractivity contribution in [1.29, 1.82) is 0 Å². The molecule has 0 atom stereocenters. The first-order valence-corrected chi connectivity index (χ1v) is 12.5. The van der Waals surface area contributed by atoms with Gasteiger partial charge in [0, 0.05) is 0 Å². The zero-order valence-corrected chi connectivity index (χ0v) is 23.4. The van der Waals surface area contributed by atoms with Crippen molar-refractivity contribution >= 4 is 33.5 Å². The van der Waals surface area contributed by atoms with Crippen molar-refractivity contribution < 1.29 is 51.3 Å². The molecule has 0 unspecified atom stereocenters. The molecular formula is C30H28O11. The molecule has 0 radical (unpaired) electrons. The molecule has 214 valence electrons. The zero-order valence-electron chi connectivity index (χ0n) is 23.4. The monoisotopic (exact) mass is 564 g/mol. The summed E-state index contributed by atoms with van der Waals surface area (Å²) in [6, 6.07) is 6.80. The molecule has 3 aromatic heterocycles. The molecule has 5 rings (SSSR count). The summed E-state index contributed by atoms with van der Waals surface area (Å²) >= 11 is 0. The van der Waals surface area contributed by atoms with E-state index in [4.69, 9.17) is 41.7 Å². The van der Waals surface area contributed by atoms with Gasteiger partial charge in [0.15, 0.2) is 34.2 Å². The number of carbonyl (C=O) groups is 2. The molecule has 11 heteroatoms. The average molecular weight is 565 g/mol. The van der Waals surface area contributed by atoms with Gasteiger partial charge in [-0.15, -0.1) is 0 Å². The van der Waals surface area contributed by atoms with Crippen molar-refractivity contribution in [3.63, 3.8) is 0 Å². The average Bonchev–Trinajstić information content (AvgIpc) is 3.73. The fourth-order valence-electron chi connectivity index (χ4n) is 4.81. The Morgan fingerprint density at radius 1 is 0.585 bits per heavy atom. The van der Waals surface area contributed by atoms with Crippen LogP contribution in [0.1, 0.15) is 46.1 Å². The molecule has 5 aromatic rings. The van der Waals surface area contributed by atoms with Crippen LogP contribution in [0.25, 0.3) is 21.9 Å². The second kappa shape index (κ2) is 11.2. The summed E-state index contributed by atoms with van der Waals surface area (Å²) in [7, 11) is 5.85. The zero-order chi connectivity index (χ0) is 29.3. The maximum absolute atomic E-state index is 12.6. The number of hydrogen-bond donors (Lipinski definition) is 0. The summed E-state index contributed by atoms with van der Waals surface area (Å²) in [6.45, 7) is 2.74. The van der Waals surface area contributed by atoms with Gasteiger partial charge in [0.05, 0.1) is 51.7 Å². The summed E-state index contributed by atoms with van der Waals surface area (Å²) in [5, 5.41) is 1.17. The van der Waals surface area contributed by atoms with Crippen molar-refractivity contribution in [1.82, 2.24) is 0 Å². The lowest BCUT2D eigenvalue weighted by atomic mass is 10.0. The highest BCUT2D eigenvalue weighted by atomic mass is 16.5. The Morgan fingerprint density at radius 2 is 0.976 bits per heavy atom. The third kappa shape index (κ3) is 4.69. The van der Waals surface area contributed by atoms with E-state index >= 15 is 0 Å². The first-order valence-electron chi connectivity index (χ1n) is 12.5. The fourth-order valence-corrected chi connectivity index (χ4v) is 4.81. The van der Waals surface area contributed by atoms with Crippen LogP contribution in [-0.4, -0.2) is 40.0 Å². The second-order valence-electron chi connectivity index (χ2n) is 8.93. The molecule has 0 spiro atoms. The van der Waals surface area contributed by atoms with Gasteiger partial charge in [0.2, 0.25) is 11.5 Å². The smallest absolute Gasteiger partial charge is 0.205 e. The second-order valence-corrected chi connectivity index (χ2v) is 8.93. The van der Waals surface area contributed by atoms with Crippen LogP contribution in [0.3, 0.4) is 0 Å². The normalized spacial score (nSPS) is 11.1. The Hall–Kier alpha value is -5.06. The molecule has 3 heterocycles. The van der Waals surface area contributed by atoms with Crippen LogP contribution >= 0.6 is 0 Å². The van der Waals surface area contributed by atoms with E-state index in [0.717, 1.165) is 0 Å². The summed E-state index contributed by atoms with van der Waals surface area (Å²) in [5.41, 5.74) is 1.22. The summed E-state index contributed by atoms with van der Waals surface area (Å²) in [6.07, 6.45) is 2.96. The van der Waals surface area contributed by atoms with Gasteiger partial charge in [-0.05, 0) is 38.1 Å². The van der Waals surface area contributed by atoms with E-state index in [1.165, 1.54) is 54.8 Å². The van der Waals surface area contributed by atoms with Crippen LogP contribution in [-0.2, 0) is 13.2 Å². The van der Waals surface area contributed by atoms with Crippen LogP contribution < -0.4 is 28.4 Å². The van der Waals surface area contributed by atoms with Gasteiger partial charge in [-0.1, -0.05) is 0 Å². The van der Waals surface area contributed by atoms with E-state index in [1.54, 1.807) is 24.3 Å². The number of rotatable bonds is 12. The van der Waals surface area contributed by atoms with E-state index < -0.39 is 0 Å². The highest BCUT2D eigenvalue weighted by Gasteiger charge is 2.29. The minimum atomic E-state index is -0.272. The molecule has 41 heavy (non-hydrogen) atoms. The summed E-state index contributed by atoms with van der Waals surface area (Å²) < 4.78 is 51.3. The number of ether oxygens (including phenoxy) is 6. The van der Waals surface area contributed by atoms with Crippen molar-refractivity contribution in [2.45, 2.75) is 27.1 Å². The predicted molar refractivity (Wildman–Crippen MR) is 146 cm³/mol. The van der Waals surface area contributed by atoms with Crippen LogP contribution in [0.4, 0.5) is 0 Å². The van der Waals surface area contributed by atoms with Gasteiger partial charge in [0.25, 0.3) is 0 Å². The van der Waals surface area contributed by atoms with Gasteiger partial charge in [-0.25, -0.2) is 0 Å². The SMILES string of the molecule is COc1c(C(C)=O)c(OCc2ccc(COc3c(C(C)=O)c(OC)c4ccoc4c3OC)o2)c(OC)c2occc12. The van der Waals surface area contributed by atoms with E-state index in [1.807, 2.05) is 0 Å². The van der Waals surface area contributed by atoms with Gasteiger partial charge in [-0.3, -0.25) is 9.59 Å². The maximum Gasteiger partial charge on any atom is 0.205 e. The van der Waals surface area contributed by atoms with Crippen molar-refractivity contribution in [3.8, 4) is 34.5 Å². The largest absolute Gasteiger partial charge is 0.495 e. The lowest BCUT2D eigenvalue weighted by molar-refractivity contribution is 0.0996. The van der Waals surface area contributed by atoms with Gasteiger partial charge in [0.1, 0.15) is 47.4 Å². The standard InChI is InChI=1S/C30H28O11/c1-15(31)21-23(33-3)19-9-11-37-25(19)29(35-5)27(21)39-13-17-7-8-18(41-17)14-40-28-22(16(2)32)24(34-4)20-10-12-38-26(20)30(28)36-6/h7-12H,13-14H2,1-6H3. The summed E-state index contributed by atoms with van der Waals surface area (Å²) in [5.74, 6) is 1.85. The van der Waals surface area contributed by atoms with Crippen molar-refractivity contribution in [3.05, 3.63) is 59.4 Å². The molecule has 0 N–H and O–H groups in total. The van der Waals surface area contributed by atoms with E-state index in [2.05, 4.69) is 0 Å². The van der Waals surface area contributed by atoms with Gasteiger partial charge < -0.3 is 41.7 Å². The van der Waals surface area contributed by atoms with Gasteiger partial charge in [-0.2, -0.15) is 0 Å². The summed E-state index contributed by atoms with van der Waals surface area (Å²) in [4.78, 5) is 25.2. The van der Waals surface area contributed by atoms with Crippen molar-refractivity contribution in [2.75, 3.05) is 28.4 Å². The molecule has 0 aliphatic carbocycles. The lowest BCUT2D eigenvalue weighted by Gasteiger charge is -2.17. The van der Waals surface area contributed by atoms with Crippen LogP contribution in [0.2, 0.25) is 0 Å². The lowest BCUT2D eigenvalue weighted by Crippen LogP contribution is -2.07. The Kier molecular flexibility index (Phi) is 7.52. The highest BCUT2D eigenvalue weighted by Crippen LogP contribution is 2.48. The molecule has 0 aliphatic rings. The third-order valence-corrected chi connectivity index (χ3v) is 6.51. The molecular weight excluding hydrogens is 536 g/mol. The Balaban J connectivity index is 1.42. The number of methoxy groups -OCH3 is 4. The number of carbonyl (C=O) groups excluding carboxylic acids is 2. The number of hydrogen-bond acceptors (Lipinski definition) is 11. The van der Waals surface area contributed by atoms with Crippen LogP contribution in [0.15, 0.2) is 50.0 Å². The number of furan rings is 3. The predicted octanol–water partition coefficient (Wildman–Crippen LogP) is 6.37.